The number of aromatic nitrogens is 3. The largest absolute Gasteiger partial charge is 0.353 e. The second-order valence-corrected chi connectivity index (χ2v) is 5.12. The van der Waals surface area contributed by atoms with Crippen molar-refractivity contribution in [2.75, 3.05) is 17.3 Å². The van der Waals surface area contributed by atoms with E-state index in [0.29, 0.717) is 11.9 Å². The van der Waals surface area contributed by atoms with Gasteiger partial charge in [0.2, 0.25) is 0 Å². The Morgan fingerprint density at radius 2 is 2.28 bits per heavy atom. The number of alkyl halides is 1. The van der Waals surface area contributed by atoms with E-state index < -0.39 is 0 Å². The van der Waals surface area contributed by atoms with Gasteiger partial charge in [-0.1, -0.05) is 0 Å². The van der Waals surface area contributed by atoms with Gasteiger partial charge in [-0.15, -0.1) is 11.6 Å². The molecule has 2 heterocycles. The molecule has 18 heavy (non-hydrogen) atoms. The second kappa shape index (κ2) is 5.14. The maximum atomic E-state index is 5.82. The molecule has 5 heteroatoms. The summed E-state index contributed by atoms with van der Waals surface area (Å²) in [5.41, 5.74) is 0.905. The van der Waals surface area contributed by atoms with Crippen molar-refractivity contribution in [3.05, 3.63) is 24.5 Å². The van der Waals surface area contributed by atoms with E-state index in [1.165, 1.54) is 19.3 Å². The molecule has 0 bridgehead atoms. The van der Waals surface area contributed by atoms with Gasteiger partial charge in [0.05, 0.1) is 6.20 Å². The summed E-state index contributed by atoms with van der Waals surface area (Å²) in [6.07, 6.45) is 8.63. The van der Waals surface area contributed by atoms with E-state index in [1.807, 2.05) is 18.3 Å². The predicted molar refractivity (Wildman–Crippen MR) is 73.3 cm³/mol. The van der Waals surface area contributed by atoms with E-state index in [2.05, 4.69) is 15.0 Å². The van der Waals surface area contributed by atoms with Gasteiger partial charge in [0, 0.05) is 30.7 Å². The number of nitrogens with zero attached hydrogens (tertiary/aromatic N) is 4. The maximum absolute atomic E-state index is 5.82. The summed E-state index contributed by atoms with van der Waals surface area (Å²) in [5, 5.41) is 4.17. The van der Waals surface area contributed by atoms with E-state index in [0.717, 1.165) is 24.4 Å². The average molecular weight is 265 g/mol. The van der Waals surface area contributed by atoms with Gasteiger partial charge in [-0.25, -0.2) is 9.50 Å². The number of hydrogen-bond acceptors (Lipinski definition) is 3. The third kappa shape index (κ3) is 2.17. The Labute approximate surface area is 112 Å². The minimum Gasteiger partial charge on any atom is -0.353 e. The van der Waals surface area contributed by atoms with E-state index in [1.54, 1.807) is 10.7 Å². The first kappa shape index (κ1) is 11.8. The van der Waals surface area contributed by atoms with Gasteiger partial charge >= 0.3 is 0 Å². The summed E-state index contributed by atoms with van der Waals surface area (Å²) in [7, 11) is 0. The van der Waals surface area contributed by atoms with Crippen molar-refractivity contribution in [1.29, 1.82) is 0 Å². The van der Waals surface area contributed by atoms with Gasteiger partial charge in [0.1, 0.15) is 5.82 Å². The average Bonchev–Trinajstić information content (AvgIpc) is 2.78. The van der Waals surface area contributed by atoms with Gasteiger partial charge in [-0.3, -0.25) is 0 Å². The summed E-state index contributed by atoms with van der Waals surface area (Å²) in [6.45, 7) is 0.992. The molecule has 1 aliphatic rings. The summed E-state index contributed by atoms with van der Waals surface area (Å²) in [6, 6.07) is 4.63. The summed E-state index contributed by atoms with van der Waals surface area (Å²) >= 11 is 5.82. The molecular formula is C13H17ClN4. The van der Waals surface area contributed by atoms with E-state index >= 15 is 0 Å². The SMILES string of the molecule is ClCCCN(c1ccn2nccc2n1)C1CCC1. The molecule has 0 spiro atoms. The van der Waals surface area contributed by atoms with Gasteiger partial charge in [0.15, 0.2) is 5.65 Å². The lowest BCUT2D eigenvalue weighted by Crippen LogP contribution is -2.41. The van der Waals surface area contributed by atoms with Crippen LogP contribution < -0.4 is 4.90 Å². The van der Waals surface area contributed by atoms with Crippen molar-refractivity contribution in [3.63, 3.8) is 0 Å². The van der Waals surface area contributed by atoms with Crippen LogP contribution >= 0.6 is 11.6 Å². The van der Waals surface area contributed by atoms with Crippen LogP contribution in [0.25, 0.3) is 5.65 Å². The van der Waals surface area contributed by atoms with Crippen LogP contribution in [0.5, 0.6) is 0 Å². The highest BCUT2D eigenvalue weighted by Crippen LogP contribution is 2.28. The fraction of sp³-hybridized carbons (Fsp3) is 0.538. The fourth-order valence-corrected chi connectivity index (χ4v) is 2.49. The maximum Gasteiger partial charge on any atom is 0.157 e. The molecule has 96 valence electrons. The van der Waals surface area contributed by atoms with E-state index in [9.17, 15) is 0 Å². The van der Waals surface area contributed by atoms with Crippen molar-refractivity contribution in [2.45, 2.75) is 31.7 Å². The first-order chi connectivity index (χ1) is 8.88. The van der Waals surface area contributed by atoms with Gasteiger partial charge in [0.25, 0.3) is 0 Å². The molecule has 2 aromatic rings. The van der Waals surface area contributed by atoms with Crippen molar-refractivity contribution in [1.82, 2.24) is 14.6 Å². The Morgan fingerprint density at radius 1 is 1.39 bits per heavy atom. The Kier molecular flexibility index (Phi) is 3.37. The quantitative estimate of drug-likeness (QED) is 0.779. The highest BCUT2D eigenvalue weighted by Gasteiger charge is 2.25. The highest BCUT2D eigenvalue weighted by molar-refractivity contribution is 6.17. The summed E-state index contributed by atoms with van der Waals surface area (Å²) < 4.78 is 1.80. The molecule has 0 saturated heterocycles. The molecule has 1 aliphatic carbocycles. The van der Waals surface area contributed by atoms with Crippen LogP contribution in [0.4, 0.5) is 5.82 Å². The van der Waals surface area contributed by atoms with Crippen LogP contribution in [0.2, 0.25) is 0 Å². The smallest absolute Gasteiger partial charge is 0.157 e. The minimum absolute atomic E-state index is 0.645. The van der Waals surface area contributed by atoms with Crippen LogP contribution in [0.15, 0.2) is 24.5 Å². The third-order valence-electron chi connectivity index (χ3n) is 3.59. The lowest BCUT2D eigenvalue weighted by atomic mass is 9.91. The number of anilines is 1. The molecule has 0 radical (unpaired) electrons. The molecule has 0 aromatic carbocycles. The Balaban J connectivity index is 1.86. The van der Waals surface area contributed by atoms with Gasteiger partial charge in [-0.2, -0.15) is 5.10 Å². The molecule has 0 aliphatic heterocycles. The molecule has 1 fully saturated rings. The first-order valence-electron chi connectivity index (χ1n) is 6.51. The summed E-state index contributed by atoms with van der Waals surface area (Å²) in [4.78, 5) is 7.08. The summed E-state index contributed by atoms with van der Waals surface area (Å²) in [5.74, 6) is 1.76. The lowest BCUT2D eigenvalue weighted by molar-refractivity contribution is 0.384. The molecular weight excluding hydrogens is 248 g/mol. The Hall–Kier alpha value is -1.29. The molecule has 0 atom stereocenters. The minimum atomic E-state index is 0.645. The van der Waals surface area contributed by atoms with Crippen LogP contribution in [0.1, 0.15) is 25.7 Å². The number of halogens is 1. The number of hydrogen-bond donors (Lipinski definition) is 0. The Morgan fingerprint density at radius 3 is 3.00 bits per heavy atom. The van der Waals surface area contributed by atoms with E-state index in [4.69, 9.17) is 11.6 Å². The lowest BCUT2D eigenvalue weighted by Gasteiger charge is -2.38. The third-order valence-corrected chi connectivity index (χ3v) is 3.85. The number of fused-ring (bicyclic) bond motifs is 1. The van der Waals surface area contributed by atoms with Crippen molar-refractivity contribution < 1.29 is 0 Å². The van der Waals surface area contributed by atoms with Crippen LogP contribution in [0.3, 0.4) is 0 Å². The van der Waals surface area contributed by atoms with Crippen molar-refractivity contribution in [2.24, 2.45) is 0 Å². The standard InChI is InChI=1S/C13H17ClN4/c14-7-2-9-17(11-3-1-4-11)12-6-10-18-13(16-12)5-8-15-18/h5-6,8,10-11H,1-4,7,9H2. The highest BCUT2D eigenvalue weighted by atomic mass is 35.5. The van der Waals surface area contributed by atoms with Gasteiger partial charge < -0.3 is 4.90 Å². The Bertz CT molecular complexity index is 520. The molecule has 0 amide bonds. The monoisotopic (exact) mass is 264 g/mol. The normalized spacial score (nSPS) is 15.8. The molecule has 4 nitrogen and oxygen atoms in total. The van der Waals surface area contributed by atoms with Crippen molar-refractivity contribution in [3.8, 4) is 0 Å². The number of rotatable bonds is 5. The van der Waals surface area contributed by atoms with E-state index in [-0.39, 0.29) is 0 Å². The molecule has 3 rings (SSSR count). The molecule has 0 unspecified atom stereocenters. The topological polar surface area (TPSA) is 33.4 Å². The molecule has 1 saturated carbocycles. The van der Waals surface area contributed by atoms with Crippen LogP contribution in [0, 0.1) is 0 Å². The molecule has 2 aromatic heterocycles. The van der Waals surface area contributed by atoms with Gasteiger partial charge in [-0.05, 0) is 31.7 Å². The zero-order valence-corrected chi connectivity index (χ0v) is 11.1. The zero-order chi connectivity index (χ0) is 12.4. The van der Waals surface area contributed by atoms with Crippen molar-refractivity contribution >= 4 is 23.1 Å². The van der Waals surface area contributed by atoms with Crippen LogP contribution in [-0.2, 0) is 0 Å². The van der Waals surface area contributed by atoms with Crippen LogP contribution in [-0.4, -0.2) is 33.1 Å². The fourth-order valence-electron chi connectivity index (χ4n) is 2.38. The first-order valence-corrected chi connectivity index (χ1v) is 7.05. The second-order valence-electron chi connectivity index (χ2n) is 4.74. The molecule has 0 N–H and O–H groups in total. The zero-order valence-electron chi connectivity index (χ0n) is 10.3. The predicted octanol–water partition coefficient (Wildman–Crippen LogP) is 2.72.